The predicted molar refractivity (Wildman–Crippen MR) is 132 cm³/mol. The molecule has 0 radical (unpaired) electrons. The normalized spacial score (nSPS) is 17.4. The Morgan fingerprint density at radius 1 is 1.05 bits per heavy atom. The minimum atomic E-state index is -1.59. The smallest absolute Gasteiger partial charge is 0.326 e. The van der Waals surface area contributed by atoms with Gasteiger partial charge < -0.3 is 42.2 Å². The zero-order chi connectivity index (χ0) is 28.0. The molecule has 1 aromatic carbocycles. The van der Waals surface area contributed by atoms with E-state index in [9.17, 15) is 39.0 Å². The summed E-state index contributed by atoms with van der Waals surface area (Å²) in [5.74, 6) is -6.18. The number of nitrogens with two attached hydrogens (primary N) is 2. The Kier molecular flexibility index (Phi) is 9.02. The van der Waals surface area contributed by atoms with E-state index in [0.717, 1.165) is 21.4 Å². The van der Waals surface area contributed by atoms with Crippen molar-refractivity contribution in [2.45, 2.75) is 56.3 Å². The first-order valence-electron chi connectivity index (χ1n) is 11.9. The summed E-state index contributed by atoms with van der Waals surface area (Å²) in [5.41, 5.74) is 12.7. The van der Waals surface area contributed by atoms with Crippen molar-refractivity contribution in [1.29, 1.82) is 0 Å². The Labute approximate surface area is 216 Å². The maximum absolute atomic E-state index is 13.3. The van der Waals surface area contributed by atoms with Crippen LogP contribution in [-0.4, -0.2) is 86.4 Å². The van der Waals surface area contributed by atoms with Crippen LogP contribution < -0.4 is 22.1 Å². The highest BCUT2D eigenvalue weighted by atomic mass is 16.4. The summed E-state index contributed by atoms with van der Waals surface area (Å²) in [6.07, 6.45) is 0.991. The van der Waals surface area contributed by atoms with E-state index in [4.69, 9.17) is 11.5 Å². The standard InChI is InChI=1S/C24H30N6O8/c25-14(8-12-11-27-15-5-2-1-4-13(12)15)21(34)28-16(10-20(32)33)23(36)30-7-3-6-18(30)22(35)29-17(24(37)38)9-19(26)31/h1-2,4-5,11,14,16-18,27H,3,6-10,25H2,(H2,26,31)(H,28,34)(H,29,35)(H,32,33)(H,37,38). The fraction of sp³-hybridized carbons (Fsp3) is 0.417. The van der Waals surface area contributed by atoms with Gasteiger partial charge in [-0.15, -0.1) is 0 Å². The third kappa shape index (κ3) is 6.85. The molecule has 0 aliphatic carbocycles. The number of benzene rings is 1. The second-order valence-electron chi connectivity index (χ2n) is 9.09. The number of carbonyl (C=O) groups excluding carboxylic acids is 4. The van der Waals surface area contributed by atoms with Crippen LogP contribution in [0.3, 0.4) is 0 Å². The Balaban J connectivity index is 1.70. The highest BCUT2D eigenvalue weighted by molar-refractivity contribution is 5.96. The molecule has 1 aromatic heterocycles. The lowest BCUT2D eigenvalue weighted by Gasteiger charge is -2.29. The van der Waals surface area contributed by atoms with E-state index in [-0.39, 0.29) is 19.4 Å². The number of hydrogen-bond donors (Lipinski definition) is 7. The van der Waals surface area contributed by atoms with Gasteiger partial charge in [-0.3, -0.25) is 24.0 Å². The first kappa shape index (κ1) is 28.1. The van der Waals surface area contributed by atoms with E-state index in [0.29, 0.717) is 6.42 Å². The number of amides is 4. The van der Waals surface area contributed by atoms with Gasteiger partial charge in [-0.25, -0.2) is 4.79 Å². The number of carbonyl (C=O) groups is 6. The van der Waals surface area contributed by atoms with E-state index >= 15 is 0 Å². The number of nitrogens with one attached hydrogen (secondary N) is 3. The molecule has 2 heterocycles. The second kappa shape index (κ2) is 12.2. The Bertz CT molecular complexity index is 1240. The summed E-state index contributed by atoms with van der Waals surface area (Å²) in [4.78, 5) is 77.1. The third-order valence-corrected chi connectivity index (χ3v) is 6.30. The Hall–Kier alpha value is -4.46. The number of carboxylic acids is 2. The molecule has 2 aromatic rings. The van der Waals surface area contributed by atoms with Gasteiger partial charge in [0.25, 0.3) is 0 Å². The van der Waals surface area contributed by atoms with Crippen molar-refractivity contribution in [2.75, 3.05) is 6.54 Å². The van der Waals surface area contributed by atoms with Crippen LogP contribution in [0.15, 0.2) is 30.5 Å². The van der Waals surface area contributed by atoms with Gasteiger partial charge in [0.05, 0.1) is 18.9 Å². The van der Waals surface area contributed by atoms with E-state index in [1.807, 2.05) is 24.3 Å². The molecular formula is C24H30N6O8. The Morgan fingerprint density at radius 3 is 2.42 bits per heavy atom. The monoisotopic (exact) mass is 530 g/mol. The van der Waals surface area contributed by atoms with Gasteiger partial charge >= 0.3 is 11.9 Å². The molecule has 1 fully saturated rings. The molecule has 4 unspecified atom stereocenters. The molecule has 14 nitrogen and oxygen atoms in total. The van der Waals surface area contributed by atoms with Crippen LogP contribution in [0.5, 0.6) is 0 Å². The van der Waals surface area contributed by atoms with Crippen molar-refractivity contribution in [3.63, 3.8) is 0 Å². The van der Waals surface area contributed by atoms with Gasteiger partial charge in [-0.05, 0) is 30.9 Å². The molecule has 1 aliphatic rings. The first-order valence-corrected chi connectivity index (χ1v) is 11.9. The van der Waals surface area contributed by atoms with Crippen molar-refractivity contribution in [1.82, 2.24) is 20.5 Å². The summed E-state index contributed by atoms with van der Waals surface area (Å²) >= 11 is 0. The summed E-state index contributed by atoms with van der Waals surface area (Å²) in [5, 5.41) is 24.1. The number of aliphatic carboxylic acids is 2. The maximum atomic E-state index is 13.3. The summed E-state index contributed by atoms with van der Waals surface area (Å²) in [6, 6.07) is 2.09. The van der Waals surface area contributed by atoms with Crippen molar-refractivity contribution >= 4 is 46.5 Å². The summed E-state index contributed by atoms with van der Waals surface area (Å²) in [7, 11) is 0. The minimum absolute atomic E-state index is 0.0812. The second-order valence-corrected chi connectivity index (χ2v) is 9.09. The molecule has 0 spiro atoms. The van der Waals surface area contributed by atoms with E-state index in [2.05, 4.69) is 15.6 Å². The largest absolute Gasteiger partial charge is 0.481 e. The van der Waals surface area contributed by atoms with Gasteiger partial charge in [0.2, 0.25) is 23.6 Å². The van der Waals surface area contributed by atoms with Gasteiger partial charge in [0.15, 0.2) is 0 Å². The van der Waals surface area contributed by atoms with E-state index < -0.39 is 72.6 Å². The van der Waals surface area contributed by atoms with Crippen molar-refractivity contribution in [3.05, 3.63) is 36.0 Å². The summed E-state index contributed by atoms with van der Waals surface area (Å²) < 4.78 is 0. The zero-order valence-corrected chi connectivity index (χ0v) is 20.4. The molecular weight excluding hydrogens is 500 g/mol. The average molecular weight is 531 g/mol. The zero-order valence-electron chi connectivity index (χ0n) is 20.4. The molecule has 9 N–H and O–H groups in total. The number of aromatic amines is 1. The number of rotatable bonds is 12. The average Bonchev–Trinajstić information content (AvgIpc) is 3.50. The van der Waals surface area contributed by atoms with Crippen LogP contribution in [0.4, 0.5) is 0 Å². The summed E-state index contributed by atoms with van der Waals surface area (Å²) in [6.45, 7) is 0.0812. The fourth-order valence-electron chi connectivity index (χ4n) is 4.46. The van der Waals surface area contributed by atoms with Crippen molar-refractivity contribution in [3.8, 4) is 0 Å². The highest BCUT2D eigenvalue weighted by Gasteiger charge is 2.40. The highest BCUT2D eigenvalue weighted by Crippen LogP contribution is 2.21. The maximum Gasteiger partial charge on any atom is 0.326 e. The molecule has 3 rings (SSSR count). The number of carboxylic acid groups (broad SMARTS) is 2. The molecule has 204 valence electrons. The van der Waals surface area contributed by atoms with Crippen LogP contribution >= 0.6 is 0 Å². The quantitative estimate of drug-likeness (QED) is 0.167. The number of likely N-dealkylation sites (tertiary alicyclic amines) is 1. The van der Waals surface area contributed by atoms with Crippen LogP contribution in [0.1, 0.15) is 31.2 Å². The molecule has 1 saturated heterocycles. The first-order chi connectivity index (χ1) is 18.0. The number of nitrogens with zero attached hydrogens (tertiary/aromatic N) is 1. The van der Waals surface area contributed by atoms with Gasteiger partial charge in [0.1, 0.15) is 18.1 Å². The molecule has 0 saturated carbocycles. The number of para-hydroxylation sites is 1. The molecule has 4 atom stereocenters. The van der Waals surface area contributed by atoms with Gasteiger partial charge in [-0.2, -0.15) is 0 Å². The van der Waals surface area contributed by atoms with E-state index in [1.54, 1.807) is 6.20 Å². The number of hydrogen-bond acceptors (Lipinski definition) is 7. The Morgan fingerprint density at radius 2 is 1.76 bits per heavy atom. The lowest BCUT2D eigenvalue weighted by molar-refractivity contribution is -0.147. The predicted octanol–water partition coefficient (Wildman–Crippen LogP) is -1.57. The van der Waals surface area contributed by atoms with Crippen molar-refractivity contribution in [2.24, 2.45) is 11.5 Å². The molecule has 1 aliphatic heterocycles. The third-order valence-electron chi connectivity index (χ3n) is 6.30. The van der Waals surface area contributed by atoms with Crippen LogP contribution in [-0.2, 0) is 35.2 Å². The van der Waals surface area contributed by atoms with Gasteiger partial charge in [-0.1, -0.05) is 18.2 Å². The molecule has 38 heavy (non-hydrogen) atoms. The molecule has 0 bridgehead atoms. The molecule has 4 amide bonds. The van der Waals surface area contributed by atoms with Crippen LogP contribution in [0.2, 0.25) is 0 Å². The number of fused-ring (bicyclic) bond motifs is 1. The SMILES string of the molecule is NC(=O)CC(NC(=O)C1CCCN1C(=O)C(CC(=O)O)NC(=O)C(N)Cc1c[nH]c2ccccc12)C(=O)O. The number of H-pyrrole nitrogens is 1. The van der Waals surface area contributed by atoms with Crippen LogP contribution in [0.25, 0.3) is 10.9 Å². The van der Waals surface area contributed by atoms with Crippen LogP contribution in [0, 0.1) is 0 Å². The number of aromatic nitrogens is 1. The molecule has 14 heteroatoms. The van der Waals surface area contributed by atoms with Crippen molar-refractivity contribution < 1.29 is 39.0 Å². The van der Waals surface area contributed by atoms with E-state index in [1.165, 1.54) is 0 Å². The van der Waals surface area contributed by atoms with Gasteiger partial charge in [0, 0.05) is 23.6 Å². The lowest BCUT2D eigenvalue weighted by Crippen LogP contribution is -2.57. The lowest BCUT2D eigenvalue weighted by atomic mass is 10.0. The fourth-order valence-corrected chi connectivity index (χ4v) is 4.46. The topological polar surface area (TPSA) is 238 Å². The minimum Gasteiger partial charge on any atom is -0.481 e. The number of primary amides is 1.